The number of carbonyl (C=O) groups is 1. The normalized spacial score (nSPS) is 14.2. The fourth-order valence-electron chi connectivity index (χ4n) is 1.52. The monoisotopic (exact) mass is 285 g/mol. The van der Waals surface area contributed by atoms with E-state index in [1.807, 2.05) is 38.7 Å². The van der Waals surface area contributed by atoms with Gasteiger partial charge in [0, 0.05) is 12.4 Å². The smallest absolute Gasteiger partial charge is 0.320 e. The second-order valence-electron chi connectivity index (χ2n) is 4.62. The van der Waals surface area contributed by atoms with Crippen LogP contribution in [0.15, 0.2) is 30.3 Å². The molecule has 1 atom stereocenters. The number of benzene rings is 1. The molecule has 0 amide bonds. The van der Waals surface area contributed by atoms with Crippen molar-refractivity contribution in [3.8, 4) is 0 Å². The van der Waals surface area contributed by atoms with Crippen LogP contribution >= 0.6 is 6.19 Å². The Labute approximate surface area is 114 Å². The van der Waals surface area contributed by atoms with E-state index in [2.05, 4.69) is 17.2 Å². The lowest BCUT2D eigenvalue weighted by Crippen LogP contribution is -2.24. The van der Waals surface area contributed by atoms with Crippen LogP contribution in [0, 0.1) is 0 Å². The van der Waals surface area contributed by atoms with Gasteiger partial charge in [-0.2, -0.15) is 0 Å². The Morgan fingerprint density at radius 2 is 2.00 bits per heavy atom. The zero-order chi connectivity index (χ0) is 13.6. The lowest BCUT2D eigenvalue weighted by molar-refractivity contribution is -0.145. The molecule has 0 spiro atoms. The Hall–Kier alpha value is -0.700. The first-order valence-electron chi connectivity index (χ1n) is 5.94. The van der Waals surface area contributed by atoms with Crippen molar-refractivity contribution in [1.29, 1.82) is 0 Å². The molecule has 0 bridgehead atoms. The van der Waals surface area contributed by atoms with E-state index in [1.165, 1.54) is 5.56 Å². The second kappa shape index (κ2) is 7.03. The summed E-state index contributed by atoms with van der Waals surface area (Å²) in [5.41, 5.74) is 1.20. The van der Waals surface area contributed by atoms with Crippen molar-refractivity contribution in [1.82, 2.24) is 5.09 Å². The third kappa shape index (κ3) is 6.29. The molecule has 0 aliphatic rings. The lowest BCUT2D eigenvalue weighted by Gasteiger charge is -2.18. The van der Waals surface area contributed by atoms with Crippen molar-refractivity contribution < 1.29 is 9.53 Å². The van der Waals surface area contributed by atoms with Crippen LogP contribution in [0.4, 0.5) is 0 Å². The van der Waals surface area contributed by atoms with E-state index < -0.39 is 6.19 Å². The zero-order valence-electron chi connectivity index (χ0n) is 11.1. The van der Waals surface area contributed by atoms with Crippen molar-refractivity contribution in [3.63, 3.8) is 0 Å². The van der Waals surface area contributed by atoms with Crippen LogP contribution in [0.5, 0.6) is 0 Å². The molecule has 100 valence electrons. The first kappa shape index (κ1) is 15.4. The second-order valence-corrected chi connectivity index (χ2v) is 9.87. The van der Waals surface area contributed by atoms with E-state index in [4.69, 9.17) is 16.5 Å². The van der Waals surface area contributed by atoms with E-state index in [0.29, 0.717) is 0 Å². The summed E-state index contributed by atoms with van der Waals surface area (Å²) in [6.07, 6.45) is -1.01. The van der Waals surface area contributed by atoms with Gasteiger partial charge in [-0.05, 0) is 26.1 Å². The molecular weight excluding hydrogens is 265 g/mol. The molecule has 18 heavy (non-hydrogen) atoms. The minimum Gasteiger partial charge on any atom is -0.462 e. The predicted molar refractivity (Wildman–Crippen MR) is 79.6 cm³/mol. The largest absolute Gasteiger partial charge is 0.462 e. The van der Waals surface area contributed by atoms with Gasteiger partial charge in [-0.25, -0.2) is 0 Å². The van der Waals surface area contributed by atoms with Crippen molar-refractivity contribution in [2.75, 3.05) is 13.2 Å². The highest BCUT2D eigenvalue weighted by atomic mass is 32.4. The molecule has 1 unspecified atom stereocenters. The van der Waals surface area contributed by atoms with Gasteiger partial charge in [0.1, 0.15) is 0 Å². The summed E-state index contributed by atoms with van der Waals surface area (Å²) in [6.45, 7) is 5.88. The van der Waals surface area contributed by atoms with E-state index >= 15 is 0 Å². The summed E-state index contributed by atoms with van der Waals surface area (Å²) >= 11 is 5.55. The van der Waals surface area contributed by atoms with Crippen LogP contribution in [0.1, 0.15) is 19.4 Å². The molecule has 0 saturated heterocycles. The maximum atomic E-state index is 11.4. The lowest BCUT2D eigenvalue weighted by atomic mass is 10.2. The molecule has 5 heteroatoms. The van der Waals surface area contributed by atoms with Gasteiger partial charge >= 0.3 is 5.97 Å². The van der Waals surface area contributed by atoms with Crippen LogP contribution in [0.2, 0.25) is 0 Å². The SMILES string of the molecule is CC(C)OC(=O)CNP(C)(=S)Cc1ccccc1. The molecular formula is C13H20NO2PS. The summed E-state index contributed by atoms with van der Waals surface area (Å²) in [5.74, 6) is -0.242. The number of ether oxygens (including phenoxy) is 1. The van der Waals surface area contributed by atoms with Gasteiger partial charge in [0.15, 0.2) is 0 Å². The van der Waals surface area contributed by atoms with Crippen molar-refractivity contribution in [2.45, 2.75) is 26.1 Å². The molecule has 3 nitrogen and oxygen atoms in total. The minimum atomic E-state index is -1.73. The number of rotatable bonds is 6. The van der Waals surface area contributed by atoms with Crippen LogP contribution in [-0.2, 0) is 27.5 Å². The molecule has 1 aromatic carbocycles. The molecule has 0 saturated carbocycles. The molecule has 0 radical (unpaired) electrons. The highest BCUT2D eigenvalue weighted by molar-refractivity contribution is 8.12. The van der Waals surface area contributed by atoms with Gasteiger partial charge in [0.2, 0.25) is 0 Å². The van der Waals surface area contributed by atoms with Crippen LogP contribution in [-0.4, -0.2) is 25.3 Å². The third-order valence-electron chi connectivity index (χ3n) is 2.25. The van der Waals surface area contributed by atoms with Crippen LogP contribution < -0.4 is 5.09 Å². The number of esters is 1. The predicted octanol–water partition coefficient (Wildman–Crippen LogP) is 2.75. The zero-order valence-corrected chi connectivity index (χ0v) is 12.8. The van der Waals surface area contributed by atoms with E-state index in [-0.39, 0.29) is 18.6 Å². The van der Waals surface area contributed by atoms with Crippen molar-refractivity contribution in [2.24, 2.45) is 0 Å². The summed E-state index contributed by atoms with van der Waals surface area (Å²) in [5, 5.41) is 3.16. The van der Waals surface area contributed by atoms with E-state index in [1.54, 1.807) is 0 Å². The summed E-state index contributed by atoms with van der Waals surface area (Å²) in [6, 6.07) is 10.1. The average molecular weight is 285 g/mol. The molecule has 1 N–H and O–H groups in total. The quantitative estimate of drug-likeness (QED) is 0.644. The highest BCUT2D eigenvalue weighted by Crippen LogP contribution is 2.40. The minimum absolute atomic E-state index is 0.0804. The van der Waals surface area contributed by atoms with Crippen molar-refractivity contribution >= 4 is 24.0 Å². The molecule has 0 heterocycles. The Morgan fingerprint density at radius 3 is 2.56 bits per heavy atom. The Bertz CT molecular complexity index is 434. The Kier molecular flexibility index (Phi) is 6.00. The maximum Gasteiger partial charge on any atom is 0.320 e. The number of carbonyl (C=O) groups excluding carboxylic acids is 1. The topological polar surface area (TPSA) is 38.3 Å². The van der Waals surface area contributed by atoms with Crippen molar-refractivity contribution in [3.05, 3.63) is 35.9 Å². The summed E-state index contributed by atoms with van der Waals surface area (Å²) in [7, 11) is 0. The van der Waals surface area contributed by atoms with Gasteiger partial charge in [0.25, 0.3) is 0 Å². The Balaban J connectivity index is 2.45. The van der Waals surface area contributed by atoms with Crippen LogP contribution in [0.3, 0.4) is 0 Å². The van der Waals surface area contributed by atoms with Gasteiger partial charge in [0.05, 0.1) is 12.6 Å². The highest BCUT2D eigenvalue weighted by Gasteiger charge is 2.13. The third-order valence-corrected chi connectivity index (χ3v) is 4.82. The number of nitrogens with one attached hydrogen (secondary N) is 1. The first-order valence-corrected chi connectivity index (χ1v) is 9.37. The summed E-state index contributed by atoms with van der Waals surface area (Å²) < 4.78 is 5.07. The average Bonchev–Trinajstić information content (AvgIpc) is 2.26. The molecule has 0 aliphatic carbocycles. The number of hydrogen-bond acceptors (Lipinski definition) is 3. The van der Waals surface area contributed by atoms with E-state index in [9.17, 15) is 4.79 Å². The van der Waals surface area contributed by atoms with Gasteiger partial charge in [-0.15, -0.1) is 0 Å². The summed E-state index contributed by atoms with van der Waals surface area (Å²) in [4.78, 5) is 11.4. The Morgan fingerprint density at radius 1 is 1.39 bits per heavy atom. The fraction of sp³-hybridized carbons (Fsp3) is 0.462. The van der Waals surface area contributed by atoms with Gasteiger partial charge in [-0.3, -0.25) is 9.88 Å². The van der Waals surface area contributed by atoms with Gasteiger partial charge < -0.3 is 4.74 Å². The molecule has 0 aliphatic heterocycles. The standard InChI is InChI=1S/C13H20NO2PS/c1-11(2)16-13(15)9-14-17(3,18)10-12-7-5-4-6-8-12/h4-8,11H,9-10H2,1-3H3,(H,14,18). The number of hydrogen-bond donors (Lipinski definition) is 1. The van der Waals surface area contributed by atoms with Crippen LogP contribution in [0.25, 0.3) is 0 Å². The molecule has 0 aromatic heterocycles. The fourth-order valence-corrected chi connectivity index (χ4v) is 3.65. The molecule has 0 fully saturated rings. The molecule has 1 rings (SSSR count). The molecule has 1 aromatic rings. The maximum absolute atomic E-state index is 11.4. The first-order chi connectivity index (χ1) is 8.39. The van der Waals surface area contributed by atoms with Gasteiger partial charge in [-0.1, -0.05) is 42.1 Å². The van der Waals surface area contributed by atoms with E-state index in [0.717, 1.165) is 6.16 Å².